The van der Waals surface area contributed by atoms with Gasteiger partial charge in [0, 0.05) is 37.3 Å². The maximum absolute atomic E-state index is 5.43. The lowest BCUT2D eigenvalue weighted by Gasteiger charge is -2.28. The minimum atomic E-state index is 0.641. The molecule has 1 aliphatic heterocycles. The van der Waals surface area contributed by atoms with Gasteiger partial charge in [-0.25, -0.2) is 0 Å². The van der Waals surface area contributed by atoms with Gasteiger partial charge in [0.25, 0.3) is 0 Å². The second-order valence-electron chi connectivity index (χ2n) is 4.12. The highest BCUT2D eigenvalue weighted by Crippen LogP contribution is 2.27. The van der Waals surface area contributed by atoms with Crippen molar-refractivity contribution in [1.82, 2.24) is 5.32 Å². The number of nitrogens with one attached hydrogen (secondary N) is 1. The summed E-state index contributed by atoms with van der Waals surface area (Å²) in [7, 11) is 3.52. The highest BCUT2D eigenvalue weighted by molar-refractivity contribution is 6.01. The Labute approximate surface area is 96.5 Å². The third-order valence-corrected chi connectivity index (χ3v) is 3.20. The summed E-state index contributed by atoms with van der Waals surface area (Å²) in [5, 5.41) is 3.28. The number of methoxy groups -OCH3 is 1. The molecule has 0 radical (unpaired) electrons. The van der Waals surface area contributed by atoms with Crippen molar-refractivity contribution in [1.29, 1.82) is 0 Å². The van der Waals surface area contributed by atoms with Crippen LogP contribution in [0.15, 0.2) is 23.2 Å². The molecule has 0 atom stereocenters. The van der Waals surface area contributed by atoms with Crippen molar-refractivity contribution in [2.45, 2.75) is 12.8 Å². The van der Waals surface area contributed by atoms with Gasteiger partial charge in [-0.2, -0.15) is 0 Å². The van der Waals surface area contributed by atoms with Gasteiger partial charge >= 0.3 is 0 Å². The summed E-state index contributed by atoms with van der Waals surface area (Å²) in [6, 6.07) is 6.42. The lowest BCUT2D eigenvalue weighted by Crippen LogP contribution is -2.39. The Balaban J connectivity index is 2.34. The molecule has 2 rings (SSSR count). The van der Waals surface area contributed by atoms with Crippen LogP contribution in [-0.4, -0.2) is 33.0 Å². The van der Waals surface area contributed by atoms with Crippen molar-refractivity contribution < 1.29 is 4.74 Å². The van der Waals surface area contributed by atoms with E-state index in [1.165, 1.54) is 5.56 Å². The van der Waals surface area contributed by atoms with Crippen LogP contribution in [0.1, 0.15) is 24.0 Å². The van der Waals surface area contributed by atoms with Crippen LogP contribution in [0.25, 0.3) is 0 Å². The first-order valence-electron chi connectivity index (χ1n) is 5.58. The second-order valence-corrected chi connectivity index (χ2v) is 4.12. The minimum Gasteiger partial charge on any atom is -0.496 e. The normalized spacial score (nSPS) is 17.1. The molecule has 3 nitrogen and oxygen atoms in total. The van der Waals surface area contributed by atoms with Gasteiger partial charge < -0.3 is 10.1 Å². The van der Waals surface area contributed by atoms with Crippen LogP contribution < -0.4 is 10.1 Å². The Morgan fingerprint density at radius 3 is 2.69 bits per heavy atom. The maximum atomic E-state index is 5.43. The zero-order valence-electron chi connectivity index (χ0n) is 10.1. The largest absolute Gasteiger partial charge is 0.496 e. The summed E-state index contributed by atoms with van der Waals surface area (Å²) in [6.07, 6.45) is 0. The second kappa shape index (κ2) is 4.66. The molecule has 86 valence electrons. The number of hydrogen-bond acceptors (Lipinski definition) is 3. The number of benzene rings is 1. The van der Waals surface area contributed by atoms with E-state index in [2.05, 4.69) is 28.5 Å². The quantitative estimate of drug-likeness (QED) is 0.785. The Bertz CT molecular complexity index is 408. The molecular weight excluding hydrogens is 200 g/mol. The third kappa shape index (κ3) is 1.95. The van der Waals surface area contributed by atoms with E-state index in [0.717, 1.165) is 30.1 Å². The van der Waals surface area contributed by atoms with E-state index in [9.17, 15) is 0 Å². The van der Waals surface area contributed by atoms with E-state index in [-0.39, 0.29) is 0 Å². The Morgan fingerprint density at radius 2 is 2.19 bits per heavy atom. The third-order valence-electron chi connectivity index (χ3n) is 3.20. The molecule has 1 aromatic rings. The Morgan fingerprint density at radius 1 is 1.44 bits per heavy atom. The van der Waals surface area contributed by atoms with Gasteiger partial charge in [0.1, 0.15) is 5.75 Å². The lowest BCUT2D eigenvalue weighted by molar-refractivity contribution is 0.408. The molecule has 0 aromatic heterocycles. The average Bonchev–Trinajstić information content (AvgIpc) is 2.25. The van der Waals surface area contributed by atoms with Gasteiger partial charge in [0.2, 0.25) is 0 Å². The van der Waals surface area contributed by atoms with Gasteiger partial charge in [-0.3, -0.25) is 4.99 Å². The number of nitrogens with zero attached hydrogens (tertiary/aromatic N) is 1. The highest BCUT2D eigenvalue weighted by atomic mass is 16.5. The number of hydrogen-bond donors (Lipinski definition) is 1. The number of aliphatic imine (C=N–C) groups is 1. The molecule has 1 aliphatic rings. The Kier molecular flexibility index (Phi) is 3.25. The van der Waals surface area contributed by atoms with Crippen molar-refractivity contribution in [3.63, 3.8) is 0 Å². The maximum Gasteiger partial charge on any atom is 0.128 e. The molecule has 0 spiro atoms. The highest BCUT2D eigenvalue weighted by Gasteiger charge is 2.20. The summed E-state index contributed by atoms with van der Waals surface area (Å²) < 4.78 is 5.43. The average molecular weight is 218 g/mol. The van der Waals surface area contributed by atoms with E-state index in [1.807, 2.05) is 6.92 Å². The van der Waals surface area contributed by atoms with Crippen molar-refractivity contribution in [3.8, 4) is 5.75 Å². The van der Waals surface area contributed by atoms with Crippen LogP contribution in [-0.2, 0) is 0 Å². The molecule has 3 heteroatoms. The van der Waals surface area contributed by atoms with Gasteiger partial charge in [0.15, 0.2) is 0 Å². The molecule has 1 heterocycles. The summed E-state index contributed by atoms with van der Waals surface area (Å²) in [5.74, 6) is 1.56. The van der Waals surface area contributed by atoms with E-state index < -0.39 is 0 Å². The molecule has 1 N–H and O–H groups in total. The van der Waals surface area contributed by atoms with E-state index in [4.69, 9.17) is 4.74 Å². The first kappa shape index (κ1) is 11.1. The fraction of sp³-hybridized carbons (Fsp3) is 0.462. The molecular formula is C13H18N2O. The van der Waals surface area contributed by atoms with Crippen molar-refractivity contribution in [3.05, 3.63) is 29.3 Å². The first-order chi connectivity index (χ1) is 7.76. The predicted octanol–water partition coefficient (Wildman–Crippen LogP) is 1.82. The van der Waals surface area contributed by atoms with Crippen LogP contribution >= 0.6 is 0 Å². The fourth-order valence-electron chi connectivity index (χ4n) is 1.91. The SMILES string of the molecule is CN=C(C)c1ccc(C2CNC2)cc1OC. The van der Waals surface area contributed by atoms with Gasteiger partial charge in [-0.05, 0) is 24.6 Å². The van der Waals surface area contributed by atoms with E-state index in [1.54, 1.807) is 14.2 Å². The van der Waals surface area contributed by atoms with Crippen LogP contribution in [0, 0.1) is 0 Å². The summed E-state index contributed by atoms with van der Waals surface area (Å²) in [6.45, 7) is 4.15. The van der Waals surface area contributed by atoms with Crippen molar-refractivity contribution >= 4 is 5.71 Å². The first-order valence-corrected chi connectivity index (χ1v) is 5.58. The number of rotatable bonds is 3. The summed E-state index contributed by atoms with van der Waals surface area (Å²) in [4.78, 5) is 4.20. The zero-order chi connectivity index (χ0) is 11.5. The molecule has 1 aromatic carbocycles. The van der Waals surface area contributed by atoms with Crippen LogP contribution in [0.3, 0.4) is 0 Å². The monoisotopic (exact) mass is 218 g/mol. The molecule has 0 aliphatic carbocycles. The topological polar surface area (TPSA) is 33.6 Å². The van der Waals surface area contributed by atoms with E-state index >= 15 is 0 Å². The number of ether oxygens (including phenoxy) is 1. The minimum absolute atomic E-state index is 0.641. The van der Waals surface area contributed by atoms with Gasteiger partial charge in [-0.15, -0.1) is 0 Å². The van der Waals surface area contributed by atoms with Crippen molar-refractivity contribution in [2.24, 2.45) is 4.99 Å². The predicted molar refractivity (Wildman–Crippen MR) is 66.7 cm³/mol. The summed E-state index contributed by atoms with van der Waals surface area (Å²) in [5.41, 5.74) is 3.44. The molecule has 0 bridgehead atoms. The van der Waals surface area contributed by atoms with Crippen molar-refractivity contribution in [2.75, 3.05) is 27.2 Å². The molecule has 1 saturated heterocycles. The smallest absolute Gasteiger partial charge is 0.128 e. The fourth-order valence-corrected chi connectivity index (χ4v) is 1.91. The van der Waals surface area contributed by atoms with E-state index in [0.29, 0.717) is 5.92 Å². The standard InChI is InChI=1S/C13H18N2O/c1-9(14-2)12-5-4-10(6-13(12)16-3)11-7-15-8-11/h4-6,11,15H,7-8H2,1-3H3. The summed E-state index contributed by atoms with van der Waals surface area (Å²) >= 11 is 0. The van der Waals surface area contributed by atoms with Crippen LogP contribution in [0.2, 0.25) is 0 Å². The van der Waals surface area contributed by atoms with Crippen LogP contribution in [0.5, 0.6) is 5.75 Å². The van der Waals surface area contributed by atoms with Crippen LogP contribution in [0.4, 0.5) is 0 Å². The molecule has 0 saturated carbocycles. The Hall–Kier alpha value is -1.35. The molecule has 1 fully saturated rings. The lowest BCUT2D eigenvalue weighted by atomic mass is 9.92. The van der Waals surface area contributed by atoms with Gasteiger partial charge in [0.05, 0.1) is 7.11 Å². The molecule has 16 heavy (non-hydrogen) atoms. The van der Waals surface area contributed by atoms with Gasteiger partial charge in [-0.1, -0.05) is 6.07 Å². The molecule has 0 unspecified atom stereocenters. The zero-order valence-corrected chi connectivity index (χ0v) is 10.1. The molecule has 0 amide bonds.